The Morgan fingerprint density at radius 3 is 2.05 bits per heavy atom. The molecule has 61 heavy (non-hydrogen) atoms. The summed E-state index contributed by atoms with van der Waals surface area (Å²) in [7, 11) is 0. The first kappa shape index (κ1) is 33.5. The van der Waals surface area contributed by atoms with E-state index < -0.39 is 5.85 Å². The molecule has 0 aliphatic carbocycles. The number of ether oxygens (including phenoxy) is 1. The van der Waals surface area contributed by atoms with Gasteiger partial charge in [-0.15, -0.1) is 9.13 Å². The van der Waals surface area contributed by atoms with Crippen LogP contribution in [0.2, 0.25) is 0 Å². The average Bonchev–Trinajstić information content (AvgIpc) is 3.76. The van der Waals surface area contributed by atoms with Crippen molar-refractivity contribution in [3.05, 3.63) is 167 Å². The summed E-state index contributed by atoms with van der Waals surface area (Å²) in [5.41, 5.74) is 17.2. The Morgan fingerprint density at radius 2 is 1.33 bits per heavy atom. The minimum atomic E-state index is -1.21. The van der Waals surface area contributed by atoms with Gasteiger partial charge < -0.3 is 4.74 Å². The molecule has 8 aromatic rings. The molecule has 0 amide bonds. The van der Waals surface area contributed by atoms with Crippen molar-refractivity contribution in [3.8, 4) is 67.5 Å². The Bertz CT molecular complexity index is 3390. The molecule has 2 aromatic heterocycles. The first-order chi connectivity index (χ1) is 30.7. The molecule has 0 N–H and O–H groups in total. The van der Waals surface area contributed by atoms with Crippen LogP contribution in [0.15, 0.2) is 133 Å². The van der Waals surface area contributed by atoms with Gasteiger partial charge in [0.25, 0.3) is 0 Å². The molecule has 1 spiro atoms. The summed E-state index contributed by atoms with van der Waals surface area (Å²) in [6.07, 6.45) is 2.04. The zero-order valence-electron chi connectivity index (χ0n) is 41.1. The highest BCUT2D eigenvalue weighted by molar-refractivity contribution is 5.98. The Labute approximate surface area is 366 Å². The smallest absolute Gasteiger partial charge is 0.392 e. The van der Waals surface area contributed by atoms with Crippen LogP contribution in [0.1, 0.15) is 94.3 Å². The van der Waals surface area contributed by atoms with Gasteiger partial charge in [-0.2, -0.15) is 4.57 Å². The van der Waals surface area contributed by atoms with E-state index in [4.69, 9.17) is 10.2 Å². The Morgan fingerprint density at radius 1 is 0.607 bits per heavy atom. The summed E-state index contributed by atoms with van der Waals surface area (Å²) in [5.74, 6) is 0.617. The highest BCUT2D eigenvalue weighted by atomic mass is 16.5. The monoisotopic (exact) mass is 801 g/mol. The fourth-order valence-electron chi connectivity index (χ4n) is 10.0. The van der Waals surface area contributed by atoms with Gasteiger partial charge in [-0.05, 0) is 118 Å². The molecule has 1 atom stereocenters. The maximum Gasteiger partial charge on any atom is 0.499 e. The maximum absolute atomic E-state index is 9.10. The third-order valence-corrected chi connectivity index (χ3v) is 14.2. The number of hydrogen-bond donors (Lipinski definition) is 0. The van der Waals surface area contributed by atoms with Crippen LogP contribution in [-0.2, 0) is 16.7 Å². The fraction of sp³-hybridized carbons (Fsp3) is 0.263. The lowest BCUT2D eigenvalue weighted by Gasteiger charge is -2.39. The first-order valence-corrected chi connectivity index (χ1v) is 21.6. The molecule has 0 saturated heterocycles. The summed E-state index contributed by atoms with van der Waals surface area (Å²) < 4.78 is 50.7. The summed E-state index contributed by atoms with van der Waals surface area (Å²) in [6, 6.07) is 37.6. The van der Waals surface area contributed by atoms with Crippen molar-refractivity contribution < 1.29 is 19.4 Å². The number of benzene rings is 6. The van der Waals surface area contributed by atoms with E-state index in [1.54, 1.807) is 6.92 Å². The van der Waals surface area contributed by atoms with Crippen molar-refractivity contribution in [1.82, 2.24) is 4.57 Å². The standard InChI is InChI=1S/C57H55N3O/c1-34-20-22-37(23-21-34)39-26-27-58-49(30-39)45-33-41(54(4,5)6)32-44-42-18-15-19-48-51(42)60-53(46-29-35(2)28-36(3)52(46)61-57(58,60)50(44)45)59(48)47-25-24-40(56(10,11)55(7,8)9)31-43(47)38-16-13-12-14-17-38/h12-33H,1-11H3/q+2/i20D,21D,22D,23D. The third-order valence-electron chi connectivity index (χ3n) is 14.2. The molecule has 11 rings (SSSR count). The number of aromatic nitrogens is 3. The molecule has 4 heteroatoms. The lowest BCUT2D eigenvalue weighted by molar-refractivity contribution is -0.997. The van der Waals surface area contributed by atoms with Crippen LogP contribution in [-0.4, -0.2) is 4.57 Å². The van der Waals surface area contributed by atoms with E-state index in [-0.39, 0.29) is 46.0 Å². The zero-order chi connectivity index (χ0) is 46.0. The Kier molecular flexibility index (Phi) is 6.81. The molecular formula is C57H55N3O+2. The second-order valence-electron chi connectivity index (χ2n) is 20.2. The fourth-order valence-corrected chi connectivity index (χ4v) is 10.0. The second kappa shape index (κ2) is 12.4. The molecule has 6 aromatic carbocycles. The van der Waals surface area contributed by atoms with Crippen LogP contribution in [0.25, 0.3) is 72.7 Å². The van der Waals surface area contributed by atoms with E-state index in [0.29, 0.717) is 11.1 Å². The second-order valence-corrected chi connectivity index (χ2v) is 20.2. The van der Waals surface area contributed by atoms with E-state index in [0.717, 1.165) is 84.1 Å². The quantitative estimate of drug-likeness (QED) is 0.163. The predicted octanol–water partition coefficient (Wildman–Crippen LogP) is 13.3. The number of rotatable bonds is 4. The van der Waals surface area contributed by atoms with E-state index in [1.807, 2.05) is 12.3 Å². The molecule has 3 aliphatic rings. The predicted molar refractivity (Wildman–Crippen MR) is 249 cm³/mol. The maximum atomic E-state index is 9.10. The molecule has 0 saturated carbocycles. The normalized spacial score (nSPS) is 16.9. The van der Waals surface area contributed by atoms with Gasteiger partial charge in [-0.25, -0.2) is 0 Å². The lowest BCUT2D eigenvalue weighted by Crippen LogP contribution is -2.78. The van der Waals surface area contributed by atoms with Crippen LogP contribution >= 0.6 is 0 Å². The van der Waals surface area contributed by atoms with E-state index >= 15 is 0 Å². The summed E-state index contributed by atoms with van der Waals surface area (Å²) >= 11 is 0. The minimum Gasteiger partial charge on any atom is -0.392 e. The van der Waals surface area contributed by atoms with Gasteiger partial charge in [-0.1, -0.05) is 134 Å². The van der Waals surface area contributed by atoms with Crippen molar-refractivity contribution in [2.24, 2.45) is 5.41 Å². The van der Waals surface area contributed by atoms with Gasteiger partial charge in [0.2, 0.25) is 5.69 Å². The molecule has 0 fully saturated rings. The molecule has 0 bridgehead atoms. The van der Waals surface area contributed by atoms with Gasteiger partial charge in [0.15, 0.2) is 23.0 Å². The summed E-state index contributed by atoms with van der Waals surface area (Å²) in [5, 5.41) is 0. The van der Waals surface area contributed by atoms with Gasteiger partial charge in [0.05, 0.1) is 11.0 Å². The largest absolute Gasteiger partial charge is 0.499 e. The van der Waals surface area contributed by atoms with Crippen LogP contribution < -0.4 is 13.9 Å². The van der Waals surface area contributed by atoms with Crippen LogP contribution in [0.4, 0.5) is 0 Å². The number of para-hydroxylation sites is 1. The molecule has 1 unspecified atom stereocenters. The number of pyridine rings is 1. The van der Waals surface area contributed by atoms with Crippen LogP contribution in [0, 0.1) is 26.2 Å². The van der Waals surface area contributed by atoms with Crippen molar-refractivity contribution in [2.45, 2.75) is 92.8 Å². The SMILES string of the molecule is [2H]c1c([2H])c(-c2cc[n+]3c(c2)-c2cc(C(C)(C)C)cc4c2C32Oc3c(C)cc(C)cc3-c3n(-c5ccc(C(C)(C)C(C)(C)C)cc5-c5ccccc5)c5cccc-4c5[n+]32)c([2H])c([2H])c1C. The number of nitrogens with zero attached hydrogens (tertiary/aromatic N) is 3. The Hall–Kier alpha value is -6.26. The van der Waals surface area contributed by atoms with Crippen molar-refractivity contribution in [1.29, 1.82) is 0 Å². The minimum absolute atomic E-state index is 0.00224. The zero-order valence-corrected chi connectivity index (χ0v) is 37.1. The number of imidazole rings is 1. The summed E-state index contributed by atoms with van der Waals surface area (Å²) in [6.45, 7) is 24.4. The Balaban J connectivity index is 1.32. The van der Waals surface area contributed by atoms with E-state index in [2.05, 4.69) is 180 Å². The van der Waals surface area contributed by atoms with Gasteiger partial charge in [0, 0.05) is 28.8 Å². The number of hydrogen-bond acceptors (Lipinski definition) is 1. The van der Waals surface area contributed by atoms with Crippen LogP contribution in [0.3, 0.4) is 0 Å². The average molecular weight is 802 g/mol. The van der Waals surface area contributed by atoms with Crippen LogP contribution in [0.5, 0.6) is 5.75 Å². The van der Waals surface area contributed by atoms with Crippen molar-refractivity contribution in [3.63, 3.8) is 0 Å². The van der Waals surface area contributed by atoms with Gasteiger partial charge in [-0.3, -0.25) is 0 Å². The highest BCUT2D eigenvalue weighted by Gasteiger charge is 2.69. The number of aryl methyl sites for hydroxylation is 2. The lowest BCUT2D eigenvalue weighted by atomic mass is 9.65. The molecule has 5 heterocycles. The molecule has 0 radical (unpaired) electrons. The first-order valence-electron chi connectivity index (χ1n) is 23.6. The molecule has 3 aliphatic heterocycles. The molecule has 4 nitrogen and oxygen atoms in total. The number of fused-ring (bicyclic) bond motifs is 5. The van der Waals surface area contributed by atoms with Gasteiger partial charge in [0.1, 0.15) is 16.8 Å². The van der Waals surface area contributed by atoms with E-state index in [1.165, 1.54) is 11.1 Å². The topological polar surface area (TPSA) is 21.9 Å². The molecular weight excluding hydrogens is 743 g/mol. The van der Waals surface area contributed by atoms with Crippen molar-refractivity contribution >= 4 is 11.0 Å². The van der Waals surface area contributed by atoms with Gasteiger partial charge >= 0.3 is 11.7 Å². The van der Waals surface area contributed by atoms with Crippen molar-refractivity contribution in [2.75, 3.05) is 0 Å². The van der Waals surface area contributed by atoms with E-state index in [9.17, 15) is 0 Å². The third kappa shape index (κ3) is 5.11. The summed E-state index contributed by atoms with van der Waals surface area (Å²) in [4.78, 5) is 0. The molecule has 302 valence electrons. The highest BCUT2D eigenvalue weighted by Crippen LogP contribution is 2.55.